The van der Waals surface area contributed by atoms with Gasteiger partial charge >= 0.3 is 18.0 Å². The Morgan fingerprint density at radius 2 is 1.52 bits per heavy atom. The fourth-order valence-electron chi connectivity index (χ4n) is 4.51. The summed E-state index contributed by atoms with van der Waals surface area (Å²) in [5.74, 6) is -1.02. The third-order valence-corrected chi connectivity index (χ3v) is 6.08. The van der Waals surface area contributed by atoms with Crippen LogP contribution in [0.4, 0.5) is 4.79 Å². The Morgan fingerprint density at radius 1 is 0.879 bits per heavy atom. The predicted molar refractivity (Wildman–Crippen MR) is 120 cm³/mol. The second-order valence-electron chi connectivity index (χ2n) is 7.88. The molecule has 0 saturated carbocycles. The number of piperidine rings is 1. The van der Waals surface area contributed by atoms with Crippen LogP contribution in [0.1, 0.15) is 24.4 Å². The molecule has 0 radical (unpaired) electrons. The maximum Gasteiger partial charge on any atom is 0.416 e. The highest BCUT2D eigenvalue weighted by molar-refractivity contribution is 6.02. The van der Waals surface area contributed by atoms with Crippen molar-refractivity contribution in [1.29, 1.82) is 0 Å². The molecule has 0 N–H and O–H groups in total. The first-order valence-electron chi connectivity index (χ1n) is 10.7. The number of methoxy groups -OCH3 is 2. The summed E-state index contributed by atoms with van der Waals surface area (Å²) in [6.45, 7) is 0.269. The molecule has 2 aliphatic rings. The van der Waals surface area contributed by atoms with Gasteiger partial charge in [-0.3, -0.25) is 4.90 Å². The Labute approximate surface area is 192 Å². The van der Waals surface area contributed by atoms with Crippen LogP contribution >= 0.6 is 0 Å². The fourth-order valence-corrected chi connectivity index (χ4v) is 4.51. The van der Waals surface area contributed by atoms with Gasteiger partial charge in [-0.25, -0.2) is 14.4 Å². The van der Waals surface area contributed by atoms with E-state index < -0.39 is 18.0 Å². The highest BCUT2D eigenvalue weighted by atomic mass is 16.6. The van der Waals surface area contributed by atoms with Gasteiger partial charge in [-0.2, -0.15) is 0 Å². The molecule has 0 unspecified atom stereocenters. The van der Waals surface area contributed by atoms with Crippen LogP contribution in [0.25, 0.3) is 0 Å². The number of hydrogen-bond acceptors (Lipinski definition) is 6. The summed E-state index contributed by atoms with van der Waals surface area (Å²) in [4.78, 5) is 40.0. The lowest BCUT2D eigenvalue weighted by atomic mass is 9.74. The Kier molecular flexibility index (Phi) is 6.58. The molecule has 0 aromatic heterocycles. The van der Waals surface area contributed by atoms with E-state index in [0.29, 0.717) is 23.3 Å². The topological polar surface area (TPSA) is 82.1 Å². The van der Waals surface area contributed by atoms with Gasteiger partial charge in [0.05, 0.1) is 31.4 Å². The van der Waals surface area contributed by atoms with Crippen molar-refractivity contribution in [2.24, 2.45) is 5.92 Å². The number of para-hydroxylation sites is 1. The zero-order valence-electron chi connectivity index (χ0n) is 18.5. The molecule has 1 fully saturated rings. The van der Waals surface area contributed by atoms with Crippen molar-refractivity contribution >= 4 is 18.0 Å². The number of hydrogen-bond donors (Lipinski definition) is 0. The monoisotopic (exact) mass is 447 g/mol. The second-order valence-corrected chi connectivity index (χ2v) is 7.88. The van der Waals surface area contributed by atoms with Crippen LogP contribution < -0.4 is 4.74 Å². The number of amides is 1. The summed E-state index contributed by atoms with van der Waals surface area (Å²) in [7, 11) is 2.59. The molecule has 170 valence electrons. The Hall–Kier alpha value is -3.87. The van der Waals surface area contributed by atoms with Gasteiger partial charge in [-0.1, -0.05) is 54.6 Å². The van der Waals surface area contributed by atoms with Crippen molar-refractivity contribution in [2.75, 3.05) is 20.8 Å². The molecular formula is C26H25NO6. The Morgan fingerprint density at radius 3 is 2.15 bits per heavy atom. The number of carbonyl (C=O) groups excluding carboxylic acids is 3. The van der Waals surface area contributed by atoms with Gasteiger partial charge in [0.1, 0.15) is 5.75 Å². The lowest BCUT2D eigenvalue weighted by Gasteiger charge is -2.42. The number of ether oxygens (including phenoxy) is 3. The Bertz CT molecular complexity index is 1110. The lowest BCUT2D eigenvalue weighted by molar-refractivity contribution is -0.140. The van der Waals surface area contributed by atoms with Crippen LogP contribution in [0.15, 0.2) is 83.5 Å². The number of carbonyl (C=O) groups is 3. The largest absolute Gasteiger partial charge is 0.466 e. The van der Waals surface area contributed by atoms with Crippen LogP contribution in [0.3, 0.4) is 0 Å². The molecule has 4 rings (SSSR count). The molecular weight excluding hydrogens is 422 g/mol. The number of likely N-dealkylation sites (tertiary alicyclic amines) is 1. The maximum absolute atomic E-state index is 13.2. The maximum atomic E-state index is 13.2. The molecule has 2 aromatic carbocycles. The molecule has 7 nitrogen and oxygen atoms in total. The first-order chi connectivity index (χ1) is 16.0. The summed E-state index contributed by atoms with van der Waals surface area (Å²) < 4.78 is 15.6. The van der Waals surface area contributed by atoms with Gasteiger partial charge in [-0.15, -0.1) is 0 Å². The standard InChI is InChI=1S/C26H25NO6/c1-31-24(28)20-14-13-18-16-27(26(30)33-19-11-7-4-8-12-19)22(17-9-5-3-6-10-17)15-21(18)23(20)25(29)32-2/h3-13,21-22H,14-16H2,1-2H3/t21-,22-/m1/s1. The van der Waals surface area contributed by atoms with E-state index in [0.717, 1.165) is 11.1 Å². The molecule has 1 heterocycles. The van der Waals surface area contributed by atoms with Crippen LogP contribution in [-0.4, -0.2) is 43.7 Å². The van der Waals surface area contributed by atoms with Crippen LogP contribution in [0.5, 0.6) is 5.75 Å². The third kappa shape index (κ3) is 4.53. The first kappa shape index (κ1) is 22.3. The summed E-state index contributed by atoms with van der Waals surface area (Å²) in [6, 6.07) is 18.1. The Balaban J connectivity index is 1.71. The minimum atomic E-state index is -0.557. The van der Waals surface area contributed by atoms with E-state index in [2.05, 4.69) is 0 Å². The number of esters is 2. The van der Waals surface area contributed by atoms with Crippen molar-refractivity contribution in [3.05, 3.63) is 89.0 Å². The highest BCUT2D eigenvalue weighted by Gasteiger charge is 2.43. The normalized spacial score (nSPS) is 19.8. The van der Waals surface area contributed by atoms with Crippen LogP contribution in [0.2, 0.25) is 0 Å². The molecule has 2 atom stereocenters. The number of rotatable bonds is 4. The average Bonchev–Trinajstić information content (AvgIpc) is 2.87. The molecule has 7 heteroatoms. The van der Waals surface area contributed by atoms with Crippen molar-refractivity contribution in [3.63, 3.8) is 0 Å². The molecule has 1 saturated heterocycles. The number of benzene rings is 2. The van der Waals surface area contributed by atoms with Crippen molar-refractivity contribution < 1.29 is 28.6 Å². The van der Waals surface area contributed by atoms with E-state index in [-0.39, 0.29) is 24.9 Å². The minimum Gasteiger partial charge on any atom is -0.466 e. The average molecular weight is 447 g/mol. The van der Waals surface area contributed by atoms with E-state index in [1.165, 1.54) is 14.2 Å². The van der Waals surface area contributed by atoms with Gasteiger partial charge in [0.25, 0.3) is 0 Å². The smallest absolute Gasteiger partial charge is 0.416 e. The molecule has 1 amide bonds. The van der Waals surface area contributed by atoms with Gasteiger partial charge in [0.2, 0.25) is 0 Å². The van der Waals surface area contributed by atoms with Gasteiger partial charge in [0, 0.05) is 12.5 Å². The molecule has 2 aromatic rings. The first-order valence-corrected chi connectivity index (χ1v) is 10.7. The van der Waals surface area contributed by atoms with Gasteiger partial charge < -0.3 is 14.2 Å². The molecule has 1 aliphatic heterocycles. The van der Waals surface area contributed by atoms with Crippen molar-refractivity contribution in [2.45, 2.75) is 18.9 Å². The zero-order chi connectivity index (χ0) is 23.4. The van der Waals surface area contributed by atoms with E-state index in [1.54, 1.807) is 29.2 Å². The molecule has 1 aliphatic carbocycles. The van der Waals surface area contributed by atoms with E-state index in [9.17, 15) is 14.4 Å². The van der Waals surface area contributed by atoms with E-state index in [1.807, 2.05) is 42.5 Å². The van der Waals surface area contributed by atoms with Crippen molar-refractivity contribution in [3.8, 4) is 5.75 Å². The molecule has 0 spiro atoms. The highest BCUT2D eigenvalue weighted by Crippen LogP contribution is 2.44. The van der Waals surface area contributed by atoms with Gasteiger partial charge in [-0.05, 0) is 36.1 Å². The van der Waals surface area contributed by atoms with Gasteiger partial charge in [0.15, 0.2) is 0 Å². The summed E-state index contributed by atoms with van der Waals surface area (Å²) in [5, 5.41) is 0. The fraction of sp³-hybridized carbons (Fsp3) is 0.269. The lowest BCUT2D eigenvalue weighted by Crippen LogP contribution is -2.45. The van der Waals surface area contributed by atoms with Crippen molar-refractivity contribution in [1.82, 2.24) is 4.90 Å². The number of fused-ring (bicyclic) bond motifs is 1. The third-order valence-electron chi connectivity index (χ3n) is 6.08. The zero-order valence-corrected chi connectivity index (χ0v) is 18.5. The summed E-state index contributed by atoms with van der Waals surface area (Å²) in [6.07, 6.45) is 2.07. The van der Waals surface area contributed by atoms with Crippen LogP contribution in [0, 0.1) is 5.92 Å². The van der Waals surface area contributed by atoms with E-state index in [4.69, 9.17) is 14.2 Å². The van der Waals surface area contributed by atoms with E-state index >= 15 is 0 Å². The van der Waals surface area contributed by atoms with Crippen LogP contribution in [-0.2, 0) is 19.1 Å². The molecule has 33 heavy (non-hydrogen) atoms. The quantitative estimate of drug-likeness (QED) is 0.516. The predicted octanol–water partition coefficient (Wildman–Crippen LogP) is 4.22. The minimum absolute atomic E-state index is 0.237. The summed E-state index contributed by atoms with van der Waals surface area (Å²) >= 11 is 0. The SMILES string of the molecule is COC(=O)C1=C(C(=O)OC)[C@@H]2C[C@H](c3ccccc3)N(C(=O)Oc3ccccc3)CC2=CC1. The second kappa shape index (κ2) is 9.73. The molecule has 0 bridgehead atoms. The summed E-state index contributed by atoms with van der Waals surface area (Å²) in [5.41, 5.74) is 2.39. The number of allylic oxidation sites excluding steroid dienone is 1. The number of nitrogens with zero attached hydrogens (tertiary/aromatic N) is 1.